The Morgan fingerprint density at radius 1 is 1.40 bits per heavy atom. The van der Waals surface area contributed by atoms with Crippen molar-refractivity contribution in [1.82, 2.24) is 19.5 Å². The van der Waals surface area contributed by atoms with Gasteiger partial charge < -0.3 is 0 Å². The van der Waals surface area contributed by atoms with E-state index in [0.717, 1.165) is 17.1 Å². The van der Waals surface area contributed by atoms with Gasteiger partial charge in [0.05, 0.1) is 5.69 Å². The zero-order chi connectivity index (χ0) is 14.9. The van der Waals surface area contributed by atoms with Crippen LogP contribution < -0.4 is 5.56 Å². The van der Waals surface area contributed by atoms with E-state index in [1.165, 1.54) is 15.9 Å². The second-order valence-corrected chi connectivity index (χ2v) is 6.57. The lowest BCUT2D eigenvalue weighted by Crippen LogP contribution is -2.33. The minimum absolute atomic E-state index is 0.0912. The topological polar surface area (TPSA) is 50.5 Å². The van der Waals surface area contributed by atoms with Crippen molar-refractivity contribution < 1.29 is 0 Å². The molecular weight excluding hydrogens is 272 g/mol. The molecule has 20 heavy (non-hydrogen) atoms. The molecule has 0 amide bonds. The summed E-state index contributed by atoms with van der Waals surface area (Å²) in [6.45, 7) is 9.30. The number of aryl methyl sites for hydroxylation is 1. The van der Waals surface area contributed by atoms with Crippen LogP contribution in [0.15, 0.2) is 10.9 Å². The molecule has 0 fully saturated rings. The molecule has 0 aromatic carbocycles. The zero-order valence-electron chi connectivity index (χ0n) is 12.8. The normalized spacial score (nSPS) is 13.6. The standard InChI is InChI=1S/C14H22N4OS/c1-6-12-16-18-13(19)7-11(15-14(18)20-12)8-17(5)10(4)9(2)3/h7,9-10H,6,8H2,1-5H3. The summed E-state index contributed by atoms with van der Waals surface area (Å²) in [5, 5.41) is 5.20. The van der Waals surface area contributed by atoms with Gasteiger partial charge in [-0.25, -0.2) is 4.98 Å². The second-order valence-electron chi connectivity index (χ2n) is 5.53. The summed E-state index contributed by atoms with van der Waals surface area (Å²) in [7, 11) is 2.07. The van der Waals surface area contributed by atoms with E-state index >= 15 is 0 Å². The monoisotopic (exact) mass is 294 g/mol. The number of aromatic nitrogens is 3. The quantitative estimate of drug-likeness (QED) is 0.848. The first kappa shape index (κ1) is 15.1. The van der Waals surface area contributed by atoms with Crippen molar-refractivity contribution >= 4 is 16.3 Å². The van der Waals surface area contributed by atoms with Crippen LogP contribution in [0.25, 0.3) is 4.96 Å². The Labute approximate surface area is 123 Å². The van der Waals surface area contributed by atoms with E-state index in [4.69, 9.17) is 0 Å². The number of rotatable bonds is 5. The molecule has 110 valence electrons. The highest BCUT2D eigenvalue weighted by atomic mass is 32.1. The van der Waals surface area contributed by atoms with Crippen molar-refractivity contribution in [1.29, 1.82) is 0 Å². The van der Waals surface area contributed by atoms with Gasteiger partial charge in [0, 0.05) is 18.7 Å². The van der Waals surface area contributed by atoms with Gasteiger partial charge in [-0.15, -0.1) is 0 Å². The molecule has 0 spiro atoms. The summed E-state index contributed by atoms with van der Waals surface area (Å²) < 4.78 is 1.40. The van der Waals surface area contributed by atoms with E-state index in [9.17, 15) is 4.79 Å². The van der Waals surface area contributed by atoms with E-state index in [2.05, 4.69) is 42.8 Å². The minimum Gasteiger partial charge on any atom is -0.298 e. The van der Waals surface area contributed by atoms with Crippen LogP contribution in [0.4, 0.5) is 0 Å². The molecule has 2 rings (SSSR count). The lowest BCUT2D eigenvalue weighted by Gasteiger charge is -2.27. The van der Waals surface area contributed by atoms with Crippen LogP contribution in [0.5, 0.6) is 0 Å². The molecule has 0 aliphatic carbocycles. The largest absolute Gasteiger partial charge is 0.298 e. The molecule has 0 saturated heterocycles. The molecule has 0 aliphatic rings. The Balaban J connectivity index is 2.29. The molecule has 1 atom stereocenters. The number of hydrogen-bond acceptors (Lipinski definition) is 5. The van der Waals surface area contributed by atoms with Gasteiger partial charge in [0.2, 0.25) is 4.96 Å². The van der Waals surface area contributed by atoms with Crippen molar-refractivity contribution in [3.8, 4) is 0 Å². The third kappa shape index (κ3) is 3.07. The Kier molecular flexibility index (Phi) is 4.55. The molecule has 1 unspecified atom stereocenters. The highest BCUT2D eigenvalue weighted by Gasteiger charge is 2.15. The highest BCUT2D eigenvalue weighted by Crippen LogP contribution is 2.14. The number of hydrogen-bond donors (Lipinski definition) is 0. The van der Waals surface area contributed by atoms with Crippen LogP contribution in [0, 0.1) is 5.92 Å². The lowest BCUT2D eigenvalue weighted by atomic mass is 10.1. The zero-order valence-corrected chi connectivity index (χ0v) is 13.6. The Bertz CT molecular complexity index is 646. The first-order chi connectivity index (χ1) is 9.42. The first-order valence-corrected chi connectivity index (χ1v) is 7.83. The summed E-state index contributed by atoms with van der Waals surface area (Å²) >= 11 is 1.49. The van der Waals surface area contributed by atoms with Gasteiger partial charge in [-0.2, -0.15) is 9.61 Å². The van der Waals surface area contributed by atoms with E-state index in [1.807, 2.05) is 6.92 Å². The van der Waals surface area contributed by atoms with Crippen molar-refractivity contribution in [2.45, 2.75) is 46.7 Å². The summed E-state index contributed by atoms with van der Waals surface area (Å²) in [6, 6.07) is 2.04. The molecule has 6 heteroatoms. The fourth-order valence-electron chi connectivity index (χ4n) is 2.03. The molecule has 0 N–H and O–H groups in total. The average molecular weight is 294 g/mol. The second kappa shape index (κ2) is 6.01. The van der Waals surface area contributed by atoms with Gasteiger partial charge in [-0.1, -0.05) is 32.1 Å². The molecule has 0 aliphatic heterocycles. The molecular formula is C14H22N4OS. The number of nitrogens with zero attached hydrogens (tertiary/aromatic N) is 4. The molecule has 2 aromatic rings. The predicted molar refractivity (Wildman–Crippen MR) is 82.3 cm³/mol. The molecule has 2 heterocycles. The third-order valence-electron chi connectivity index (χ3n) is 3.71. The molecule has 0 bridgehead atoms. The third-order valence-corrected chi connectivity index (χ3v) is 4.77. The fourth-order valence-corrected chi connectivity index (χ4v) is 2.89. The van der Waals surface area contributed by atoms with Gasteiger partial charge in [-0.05, 0) is 26.3 Å². The van der Waals surface area contributed by atoms with Crippen LogP contribution in [0.1, 0.15) is 38.4 Å². The predicted octanol–water partition coefficient (Wildman–Crippen LogP) is 2.19. The van der Waals surface area contributed by atoms with E-state index in [1.54, 1.807) is 6.07 Å². The minimum atomic E-state index is -0.0912. The van der Waals surface area contributed by atoms with Crippen LogP contribution >= 0.6 is 11.3 Å². The summed E-state index contributed by atoms with van der Waals surface area (Å²) in [5.74, 6) is 0.569. The molecule has 0 radical (unpaired) electrons. The molecule has 5 nitrogen and oxygen atoms in total. The van der Waals surface area contributed by atoms with Gasteiger partial charge in [0.25, 0.3) is 5.56 Å². The van der Waals surface area contributed by atoms with E-state index in [0.29, 0.717) is 23.5 Å². The van der Waals surface area contributed by atoms with Gasteiger partial charge in [-0.3, -0.25) is 9.69 Å². The summed E-state index contributed by atoms with van der Waals surface area (Å²) in [6.07, 6.45) is 0.826. The van der Waals surface area contributed by atoms with Crippen LogP contribution in [-0.4, -0.2) is 32.6 Å². The maximum Gasteiger partial charge on any atom is 0.275 e. The maximum atomic E-state index is 12.1. The van der Waals surface area contributed by atoms with Crippen LogP contribution in [0.3, 0.4) is 0 Å². The summed E-state index contributed by atoms with van der Waals surface area (Å²) in [4.78, 5) is 19.5. The smallest absolute Gasteiger partial charge is 0.275 e. The Morgan fingerprint density at radius 3 is 2.70 bits per heavy atom. The SMILES string of the molecule is CCc1nn2c(=O)cc(CN(C)C(C)C(C)C)nc2s1. The fraction of sp³-hybridized carbons (Fsp3) is 0.643. The van der Waals surface area contributed by atoms with Crippen molar-refractivity contribution in [2.24, 2.45) is 5.92 Å². The van der Waals surface area contributed by atoms with Gasteiger partial charge in [0.15, 0.2) is 0 Å². The molecule has 0 saturated carbocycles. The average Bonchev–Trinajstić information content (AvgIpc) is 2.81. The van der Waals surface area contributed by atoms with Crippen molar-refractivity contribution in [3.63, 3.8) is 0 Å². The summed E-state index contributed by atoms with van der Waals surface area (Å²) in [5.41, 5.74) is 0.725. The first-order valence-electron chi connectivity index (χ1n) is 7.01. The highest BCUT2D eigenvalue weighted by molar-refractivity contribution is 7.16. The van der Waals surface area contributed by atoms with Crippen molar-refractivity contribution in [3.05, 3.63) is 27.1 Å². The molecule has 2 aromatic heterocycles. The van der Waals surface area contributed by atoms with Crippen molar-refractivity contribution in [2.75, 3.05) is 7.05 Å². The Morgan fingerprint density at radius 2 is 2.10 bits per heavy atom. The van der Waals surface area contributed by atoms with Gasteiger partial charge in [0.1, 0.15) is 5.01 Å². The number of fused-ring (bicyclic) bond motifs is 1. The van der Waals surface area contributed by atoms with E-state index in [-0.39, 0.29) is 5.56 Å². The lowest BCUT2D eigenvalue weighted by molar-refractivity contribution is 0.198. The van der Waals surface area contributed by atoms with Crippen LogP contribution in [-0.2, 0) is 13.0 Å². The van der Waals surface area contributed by atoms with Crippen LogP contribution in [0.2, 0.25) is 0 Å². The van der Waals surface area contributed by atoms with Gasteiger partial charge >= 0.3 is 0 Å². The van der Waals surface area contributed by atoms with E-state index < -0.39 is 0 Å². The maximum absolute atomic E-state index is 12.1. The Hall–Kier alpha value is -1.27.